The molecule has 1 N–H and O–H groups in total. The molecule has 0 saturated carbocycles. The van der Waals surface area contributed by atoms with Gasteiger partial charge in [-0.15, -0.1) is 0 Å². The molecule has 0 spiro atoms. The van der Waals surface area contributed by atoms with E-state index in [9.17, 15) is 22.4 Å². The third-order valence-electron chi connectivity index (χ3n) is 4.24. The van der Waals surface area contributed by atoms with Crippen LogP contribution in [0.2, 0.25) is 0 Å². The highest BCUT2D eigenvalue weighted by Crippen LogP contribution is 2.34. The summed E-state index contributed by atoms with van der Waals surface area (Å²) in [5.41, 5.74) is -0.0659. The van der Waals surface area contributed by atoms with Crippen LogP contribution in [0, 0.1) is 12.7 Å². The lowest BCUT2D eigenvalue weighted by Gasteiger charge is -2.14. The van der Waals surface area contributed by atoms with E-state index in [2.05, 4.69) is 10.4 Å². The molecule has 0 atom stereocenters. The van der Waals surface area contributed by atoms with Crippen molar-refractivity contribution < 1.29 is 22.4 Å². The summed E-state index contributed by atoms with van der Waals surface area (Å²) < 4.78 is 54.6. The number of para-hydroxylation sites is 1. The van der Waals surface area contributed by atoms with Crippen molar-refractivity contribution >= 4 is 5.91 Å². The summed E-state index contributed by atoms with van der Waals surface area (Å²) in [6.07, 6.45) is -3.48. The lowest BCUT2D eigenvalue weighted by Crippen LogP contribution is -2.28. The Morgan fingerprint density at radius 3 is 2.43 bits per heavy atom. The predicted molar refractivity (Wildman–Crippen MR) is 95.7 cm³/mol. The molecule has 2 aromatic carbocycles. The molecule has 0 aliphatic rings. The number of halogens is 4. The van der Waals surface area contributed by atoms with Gasteiger partial charge in [0.1, 0.15) is 5.82 Å². The molecule has 0 aliphatic heterocycles. The quantitative estimate of drug-likeness (QED) is 0.659. The second-order valence-electron chi connectivity index (χ2n) is 6.24. The lowest BCUT2D eigenvalue weighted by molar-refractivity contribution is -0.143. The smallest absolute Gasteiger partial charge is 0.352 e. The molecule has 4 nitrogen and oxygen atoms in total. The number of rotatable bonds is 5. The minimum Gasteiger partial charge on any atom is -0.352 e. The van der Waals surface area contributed by atoms with Crippen molar-refractivity contribution in [3.8, 4) is 5.69 Å². The molecular weight excluding hydrogens is 374 g/mol. The summed E-state index contributed by atoms with van der Waals surface area (Å²) in [5.74, 6) is -1.25. The monoisotopic (exact) mass is 391 g/mol. The first-order valence-corrected chi connectivity index (χ1v) is 8.51. The van der Waals surface area contributed by atoms with E-state index in [4.69, 9.17) is 0 Å². The van der Waals surface area contributed by atoms with E-state index in [0.29, 0.717) is 12.0 Å². The Morgan fingerprint density at radius 2 is 1.79 bits per heavy atom. The second-order valence-corrected chi connectivity index (χ2v) is 6.24. The molecule has 0 bridgehead atoms. The Hall–Kier alpha value is -3.16. The van der Waals surface area contributed by atoms with Gasteiger partial charge in [-0.25, -0.2) is 9.07 Å². The molecule has 3 aromatic rings. The zero-order valence-corrected chi connectivity index (χ0v) is 14.9. The highest BCUT2D eigenvalue weighted by molar-refractivity contribution is 5.95. The zero-order valence-electron chi connectivity index (χ0n) is 14.9. The van der Waals surface area contributed by atoms with Crippen molar-refractivity contribution in [1.29, 1.82) is 0 Å². The van der Waals surface area contributed by atoms with Crippen LogP contribution < -0.4 is 5.32 Å². The molecule has 3 rings (SSSR count). The molecule has 0 unspecified atom stereocenters. The highest BCUT2D eigenvalue weighted by atomic mass is 19.4. The van der Waals surface area contributed by atoms with Crippen molar-refractivity contribution in [2.45, 2.75) is 19.5 Å². The van der Waals surface area contributed by atoms with Gasteiger partial charge >= 0.3 is 6.18 Å². The van der Waals surface area contributed by atoms with Crippen LogP contribution >= 0.6 is 0 Å². The molecule has 28 heavy (non-hydrogen) atoms. The van der Waals surface area contributed by atoms with Crippen molar-refractivity contribution in [3.63, 3.8) is 0 Å². The van der Waals surface area contributed by atoms with Crippen LogP contribution in [-0.4, -0.2) is 22.2 Å². The third kappa shape index (κ3) is 4.21. The Kier molecular flexibility index (Phi) is 5.48. The number of benzene rings is 2. The van der Waals surface area contributed by atoms with Crippen molar-refractivity contribution in [2.75, 3.05) is 6.54 Å². The zero-order chi connectivity index (χ0) is 20.3. The summed E-state index contributed by atoms with van der Waals surface area (Å²) in [4.78, 5) is 12.4. The number of hydrogen-bond donors (Lipinski definition) is 1. The van der Waals surface area contributed by atoms with Gasteiger partial charge in [0, 0.05) is 6.54 Å². The molecule has 1 heterocycles. The maximum Gasteiger partial charge on any atom is 0.434 e. The minimum absolute atomic E-state index is 0.108. The number of hydrogen-bond acceptors (Lipinski definition) is 2. The molecule has 0 radical (unpaired) electrons. The summed E-state index contributed by atoms with van der Waals surface area (Å²) in [5, 5.41) is 6.27. The highest BCUT2D eigenvalue weighted by Gasteiger charge is 2.40. The lowest BCUT2D eigenvalue weighted by atomic mass is 10.1. The van der Waals surface area contributed by atoms with E-state index in [-0.39, 0.29) is 18.0 Å². The van der Waals surface area contributed by atoms with Crippen LogP contribution in [0.25, 0.3) is 5.69 Å². The van der Waals surface area contributed by atoms with Crippen LogP contribution in [0.5, 0.6) is 0 Å². The first-order chi connectivity index (χ1) is 13.3. The fourth-order valence-corrected chi connectivity index (χ4v) is 2.84. The van der Waals surface area contributed by atoms with E-state index in [1.165, 1.54) is 18.2 Å². The molecule has 1 aromatic heterocycles. The Balaban J connectivity index is 1.82. The second kappa shape index (κ2) is 7.84. The first-order valence-electron chi connectivity index (χ1n) is 8.51. The summed E-state index contributed by atoms with van der Waals surface area (Å²) >= 11 is 0. The summed E-state index contributed by atoms with van der Waals surface area (Å²) in [7, 11) is 0. The van der Waals surface area contributed by atoms with Crippen LogP contribution in [0.1, 0.15) is 27.2 Å². The molecule has 0 aliphatic carbocycles. The van der Waals surface area contributed by atoms with E-state index < -0.39 is 23.3 Å². The fourth-order valence-electron chi connectivity index (χ4n) is 2.84. The van der Waals surface area contributed by atoms with Crippen molar-refractivity contribution in [2.24, 2.45) is 0 Å². The number of aryl methyl sites for hydroxylation is 1. The van der Waals surface area contributed by atoms with Crippen LogP contribution in [0.4, 0.5) is 17.6 Å². The summed E-state index contributed by atoms with van der Waals surface area (Å²) in [6, 6.07) is 12.2. The summed E-state index contributed by atoms with van der Waals surface area (Å²) in [6.45, 7) is 1.77. The van der Waals surface area contributed by atoms with E-state index in [0.717, 1.165) is 16.4 Å². The molecule has 1 amide bonds. The van der Waals surface area contributed by atoms with Gasteiger partial charge in [-0.3, -0.25) is 4.79 Å². The normalized spacial score (nSPS) is 11.5. The SMILES string of the molecule is Cc1ccccc1-n1ncc(C(=O)NCCc2ccc(F)cc2)c1C(F)(F)F. The van der Waals surface area contributed by atoms with Gasteiger partial charge in [-0.05, 0) is 42.7 Å². The topological polar surface area (TPSA) is 46.9 Å². The van der Waals surface area contributed by atoms with E-state index >= 15 is 0 Å². The van der Waals surface area contributed by atoms with Gasteiger partial charge in [-0.1, -0.05) is 30.3 Å². The largest absolute Gasteiger partial charge is 0.434 e. The third-order valence-corrected chi connectivity index (χ3v) is 4.24. The predicted octanol–water partition coefficient (Wildman–Crippen LogP) is 4.31. The van der Waals surface area contributed by atoms with Gasteiger partial charge in [0.15, 0.2) is 5.69 Å². The van der Waals surface area contributed by atoms with Crippen LogP contribution in [-0.2, 0) is 12.6 Å². The average Bonchev–Trinajstić information content (AvgIpc) is 3.09. The van der Waals surface area contributed by atoms with Crippen molar-refractivity contribution in [1.82, 2.24) is 15.1 Å². The minimum atomic E-state index is -4.76. The molecule has 8 heteroatoms. The fraction of sp³-hybridized carbons (Fsp3) is 0.200. The Morgan fingerprint density at radius 1 is 1.11 bits per heavy atom. The van der Waals surface area contributed by atoms with Gasteiger partial charge in [0.25, 0.3) is 5.91 Å². The van der Waals surface area contributed by atoms with Crippen molar-refractivity contribution in [3.05, 3.63) is 82.9 Å². The maximum atomic E-state index is 13.7. The number of nitrogens with zero attached hydrogens (tertiary/aromatic N) is 2. The maximum absolute atomic E-state index is 13.7. The van der Waals surface area contributed by atoms with Crippen LogP contribution in [0.3, 0.4) is 0 Å². The van der Waals surface area contributed by atoms with E-state index in [1.54, 1.807) is 37.3 Å². The van der Waals surface area contributed by atoms with E-state index in [1.807, 2.05) is 0 Å². The average molecular weight is 391 g/mol. The van der Waals surface area contributed by atoms with Gasteiger partial charge in [-0.2, -0.15) is 18.3 Å². The molecular formula is C20H17F4N3O. The first kappa shape index (κ1) is 19.6. The number of nitrogens with one attached hydrogen (secondary N) is 1. The standard InChI is InChI=1S/C20H17F4N3O/c1-13-4-2-3-5-17(13)27-18(20(22,23)24)16(12-26-27)19(28)25-11-10-14-6-8-15(21)9-7-14/h2-9,12H,10-11H2,1H3,(H,25,28). The van der Waals surface area contributed by atoms with Gasteiger partial charge in [0.2, 0.25) is 0 Å². The Bertz CT molecular complexity index is 978. The van der Waals surface area contributed by atoms with Crippen LogP contribution in [0.15, 0.2) is 54.7 Å². The number of aromatic nitrogens is 2. The number of carbonyl (C=O) groups is 1. The molecule has 0 saturated heterocycles. The Labute approximate surface area is 158 Å². The number of amides is 1. The number of carbonyl (C=O) groups excluding carboxylic acids is 1. The van der Waals surface area contributed by atoms with Gasteiger partial charge in [0.05, 0.1) is 17.4 Å². The molecule has 0 fully saturated rings. The number of alkyl halides is 3. The van der Waals surface area contributed by atoms with Gasteiger partial charge < -0.3 is 5.32 Å². The molecule has 146 valence electrons.